The summed E-state index contributed by atoms with van der Waals surface area (Å²) in [6.45, 7) is 4.37. The van der Waals surface area contributed by atoms with Gasteiger partial charge in [-0.1, -0.05) is 49.9 Å². The number of para-hydroxylation sites is 1. The van der Waals surface area contributed by atoms with Gasteiger partial charge in [-0.3, -0.25) is 14.2 Å². The Hall–Kier alpha value is -2.97. The first-order chi connectivity index (χ1) is 16.4. The number of rotatable bonds is 8. The van der Waals surface area contributed by atoms with Gasteiger partial charge < -0.3 is 4.90 Å². The molecule has 0 N–H and O–H groups in total. The van der Waals surface area contributed by atoms with E-state index in [1.807, 2.05) is 41.8 Å². The van der Waals surface area contributed by atoms with E-state index in [4.69, 9.17) is 4.98 Å². The molecule has 1 atom stereocenters. The standard InChI is InChI=1S/C26H28N4O2S2/c1-5-17(2)18-10-12-20(13-11-18)30-25(32)21-8-6-7-9-22(21)28-26(30)34-16-19-15-33-23(27-19)14-24(31)29(3)4/h6-13,15,17H,5,14,16H2,1-4H3. The molecule has 4 rings (SSSR count). The number of hydrogen-bond acceptors (Lipinski definition) is 6. The second-order valence-electron chi connectivity index (χ2n) is 8.44. The van der Waals surface area contributed by atoms with Crippen LogP contribution in [0.15, 0.2) is 63.9 Å². The van der Waals surface area contributed by atoms with Crippen LogP contribution in [0.4, 0.5) is 0 Å². The van der Waals surface area contributed by atoms with Crippen molar-refractivity contribution in [2.75, 3.05) is 14.1 Å². The molecule has 0 radical (unpaired) electrons. The summed E-state index contributed by atoms with van der Waals surface area (Å²) in [5.41, 5.74) is 3.52. The maximum Gasteiger partial charge on any atom is 0.266 e. The molecule has 2 heterocycles. The molecule has 0 aliphatic heterocycles. The minimum atomic E-state index is -0.0834. The number of carbonyl (C=O) groups excluding carboxylic acids is 1. The molecule has 0 saturated carbocycles. The van der Waals surface area contributed by atoms with Crippen LogP contribution in [0.25, 0.3) is 16.6 Å². The largest absolute Gasteiger partial charge is 0.348 e. The Morgan fingerprint density at radius 1 is 1.12 bits per heavy atom. The van der Waals surface area contributed by atoms with Crippen LogP contribution in [0.1, 0.15) is 42.5 Å². The van der Waals surface area contributed by atoms with Gasteiger partial charge >= 0.3 is 0 Å². The topological polar surface area (TPSA) is 68.1 Å². The summed E-state index contributed by atoms with van der Waals surface area (Å²) in [4.78, 5) is 36.5. The number of benzene rings is 2. The van der Waals surface area contributed by atoms with E-state index in [0.29, 0.717) is 34.2 Å². The van der Waals surface area contributed by atoms with Gasteiger partial charge in [0.25, 0.3) is 5.56 Å². The Kier molecular flexibility index (Phi) is 7.48. The van der Waals surface area contributed by atoms with Crippen molar-refractivity contribution < 1.29 is 4.79 Å². The van der Waals surface area contributed by atoms with Gasteiger partial charge in [0.15, 0.2) is 5.16 Å². The van der Waals surface area contributed by atoms with Crippen LogP contribution in [-0.2, 0) is 17.0 Å². The highest BCUT2D eigenvalue weighted by atomic mass is 32.2. The van der Waals surface area contributed by atoms with E-state index in [1.165, 1.54) is 28.7 Å². The summed E-state index contributed by atoms with van der Waals surface area (Å²) in [7, 11) is 3.49. The van der Waals surface area contributed by atoms with Crippen molar-refractivity contribution in [2.24, 2.45) is 0 Å². The van der Waals surface area contributed by atoms with Crippen molar-refractivity contribution in [1.82, 2.24) is 19.4 Å². The molecule has 0 spiro atoms. The van der Waals surface area contributed by atoms with Crippen LogP contribution in [0.5, 0.6) is 0 Å². The number of thioether (sulfide) groups is 1. The van der Waals surface area contributed by atoms with Gasteiger partial charge in [-0.15, -0.1) is 11.3 Å². The Balaban J connectivity index is 1.66. The minimum absolute atomic E-state index is 0.0272. The number of amides is 1. The van der Waals surface area contributed by atoms with Crippen LogP contribution < -0.4 is 5.56 Å². The fraction of sp³-hybridized carbons (Fsp3) is 0.308. The highest BCUT2D eigenvalue weighted by Crippen LogP contribution is 2.27. The molecule has 0 bridgehead atoms. The predicted molar refractivity (Wildman–Crippen MR) is 140 cm³/mol. The lowest BCUT2D eigenvalue weighted by Crippen LogP contribution is -2.23. The molecule has 34 heavy (non-hydrogen) atoms. The lowest BCUT2D eigenvalue weighted by molar-refractivity contribution is -0.127. The zero-order valence-electron chi connectivity index (χ0n) is 19.8. The summed E-state index contributed by atoms with van der Waals surface area (Å²) in [5.74, 6) is 1.05. The zero-order chi connectivity index (χ0) is 24.2. The highest BCUT2D eigenvalue weighted by Gasteiger charge is 2.15. The quantitative estimate of drug-likeness (QED) is 0.247. The number of fused-ring (bicyclic) bond motifs is 1. The molecule has 0 fully saturated rings. The van der Waals surface area contributed by atoms with Gasteiger partial charge in [0, 0.05) is 25.2 Å². The van der Waals surface area contributed by atoms with E-state index in [1.54, 1.807) is 23.6 Å². The van der Waals surface area contributed by atoms with E-state index < -0.39 is 0 Å². The lowest BCUT2D eigenvalue weighted by Gasteiger charge is -2.14. The van der Waals surface area contributed by atoms with Gasteiger partial charge in [0.1, 0.15) is 5.01 Å². The Labute approximate surface area is 207 Å². The molecular weight excluding hydrogens is 464 g/mol. The number of carbonyl (C=O) groups is 1. The number of nitrogens with zero attached hydrogens (tertiary/aromatic N) is 4. The minimum Gasteiger partial charge on any atom is -0.348 e. The molecule has 176 valence electrons. The third-order valence-electron chi connectivity index (χ3n) is 5.83. The van der Waals surface area contributed by atoms with Crippen LogP contribution in [0.3, 0.4) is 0 Å². The van der Waals surface area contributed by atoms with Crippen LogP contribution in [0, 0.1) is 0 Å². The fourth-order valence-electron chi connectivity index (χ4n) is 3.55. The van der Waals surface area contributed by atoms with Gasteiger partial charge in [-0.25, -0.2) is 9.97 Å². The van der Waals surface area contributed by atoms with Crippen molar-refractivity contribution in [3.63, 3.8) is 0 Å². The second kappa shape index (κ2) is 10.5. The lowest BCUT2D eigenvalue weighted by atomic mass is 9.98. The summed E-state index contributed by atoms with van der Waals surface area (Å²) in [6, 6.07) is 15.6. The molecular formula is C26H28N4O2S2. The predicted octanol–water partition coefficient (Wildman–Crippen LogP) is 5.28. The molecule has 8 heteroatoms. The second-order valence-corrected chi connectivity index (χ2v) is 10.3. The number of likely N-dealkylation sites (N-methyl/N-ethyl adjacent to an activating group) is 1. The van der Waals surface area contributed by atoms with Crippen LogP contribution in [0.2, 0.25) is 0 Å². The number of hydrogen-bond donors (Lipinski definition) is 0. The van der Waals surface area contributed by atoms with Crippen molar-refractivity contribution in [3.05, 3.63) is 80.5 Å². The molecule has 0 aliphatic rings. The molecule has 0 saturated heterocycles. The number of aromatic nitrogens is 3. The molecule has 1 unspecified atom stereocenters. The van der Waals surface area contributed by atoms with Crippen LogP contribution >= 0.6 is 23.1 Å². The third kappa shape index (κ3) is 5.23. The molecule has 2 aromatic heterocycles. The summed E-state index contributed by atoms with van der Waals surface area (Å²) in [5, 5.41) is 3.98. The molecule has 2 aromatic carbocycles. The molecule has 4 aromatic rings. The maximum atomic E-state index is 13.5. The monoisotopic (exact) mass is 492 g/mol. The average molecular weight is 493 g/mol. The Bertz CT molecular complexity index is 1360. The van der Waals surface area contributed by atoms with Gasteiger partial charge in [0.2, 0.25) is 5.91 Å². The smallest absolute Gasteiger partial charge is 0.266 e. The first-order valence-corrected chi connectivity index (χ1v) is 13.1. The SMILES string of the molecule is CCC(C)c1ccc(-n2c(SCc3csc(CC(=O)N(C)C)n3)nc3ccccc3c2=O)cc1. The van der Waals surface area contributed by atoms with E-state index >= 15 is 0 Å². The fourth-order valence-corrected chi connectivity index (χ4v) is 5.34. The molecule has 1 amide bonds. The van der Waals surface area contributed by atoms with Gasteiger partial charge in [-0.05, 0) is 42.2 Å². The summed E-state index contributed by atoms with van der Waals surface area (Å²) < 4.78 is 1.69. The molecule has 0 aliphatic carbocycles. The van der Waals surface area contributed by atoms with Gasteiger partial charge in [-0.2, -0.15) is 0 Å². The summed E-state index contributed by atoms with van der Waals surface area (Å²) >= 11 is 2.96. The zero-order valence-corrected chi connectivity index (χ0v) is 21.4. The van der Waals surface area contributed by atoms with E-state index in [9.17, 15) is 9.59 Å². The first-order valence-electron chi connectivity index (χ1n) is 11.3. The van der Waals surface area contributed by atoms with E-state index in [0.717, 1.165) is 22.8 Å². The van der Waals surface area contributed by atoms with E-state index in [2.05, 4.69) is 31.0 Å². The maximum absolute atomic E-state index is 13.5. The third-order valence-corrected chi connectivity index (χ3v) is 7.70. The summed E-state index contributed by atoms with van der Waals surface area (Å²) in [6.07, 6.45) is 1.36. The number of thiazole rings is 1. The average Bonchev–Trinajstić information content (AvgIpc) is 3.29. The van der Waals surface area contributed by atoms with Crippen molar-refractivity contribution in [2.45, 2.75) is 43.5 Å². The van der Waals surface area contributed by atoms with Gasteiger partial charge in [0.05, 0.1) is 28.7 Å². The van der Waals surface area contributed by atoms with Crippen molar-refractivity contribution in [3.8, 4) is 5.69 Å². The van der Waals surface area contributed by atoms with Crippen LogP contribution in [-0.4, -0.2) is 39.4 Å². The normalized spacial score (nSPS) is 12.1. The van der Waals surface area contributed by atoms with E-state index in [-0.39, 0.29) is 11.5 Å². The highest BCUT2D eigenvalue weighted by molar-refractivity contribution is 7.98. The van der Waals surface area contributed by atoms with Crippen molar-refractivity contribution >= 4 is 39.9 Å². The molecule has 6 nitrogen and oxygen atoms in total. The Morgan fingerprint density at radius 3 is 2.56 bits per heavy atom. The first kappa shape index (κ1) is 24.2. The Morgan fingerprint density at radius 2 is 1.85 bits per heavy atom. The van der Waals surface area contributed by atoms with Crippen molar-refractivity contribution in [1.29, 1.82) is 0 Å².